The number of ether oxygens (including phenoxy) is 1. The van der Waals surface area contributed by atoms with Gasteiger partial charge in [0.05, 0.1) is 25.8 Å². The summed E-state index contributed by atoms with van der Waals surface area (Å²) in [5.41, 5.74) is 0.0752. The van der Waals surface area contributed by atoms with Gasteiger partial charge in [0.2, 0.25) is 0 Å². The topological polar surface area (TPSA) is 70.1 Å². The average Bonchev–Trinajstić information content (AvgIpc) is 2.79. The lowest BCUT2D eigenvalue weighted by molar-refractivity contribution is -0.138. The van der Waals surface area contributed by atoms with Crippen LogP contribution in [-0.2, 0) is 9.53 Å². The van der Waals surface area contributed by atoms with Gasteiger partial charge < -0.3 is 14.7 Å². The second-order valence-electron chi connectivity index (χ2n) is 6.23. The van der Waals surface area contributed by atoms with Crippen molar-refractivity contribution in [1.29, 1.82) is 0 Å². The van der Waals surface area contributed by atoms with Crippen LogP contribution >= 0.6 is 0 Å². The van der Waals surface area contributed by atoms with E-state index < -0.39 is 23.5 Å². The number of rotatable bonds is 3. The zero-order chi connectivity index (χ0) is 17.3. The highest BCUT2D eigenvalue weighted by Gasteiger charge is 2.36. The number of nitrogens with zero attached hydrogens (tertiary/aromatic N) is 2. The zero-order valence-corrected chi connectivity index (χ0v) is 13.0. The summed E-state index contributed by atoms with van der Waals surface area (Å²) in [7, 11) is 0. The van der Waals surface area contributed by atoms with E-state index >= 15 is 0 Å². The molecule has 1 N–H and O–H groups in total. The molecular weight excluding hydrogens is 322 g/mol. The van der Waals surface area contributed by atoms with Crippen molar-refractivity contribution >= 4 is 11.9 Å². The van der Waals surface area contributed by atoms with Crippen molar-refractivity contribution < 1.29 is 28.2 Å². The lowest BCUT2D eigenvalue weighted by atomic mass is 10.1. The predicted octanol–water partition coefficient (Wildman–Crippen LogP) is 0.822. The van der Waals surface area contributed by atoms with Crippen molar-refractivity contribution in [3.8, 4) is 0 Å². The maximum Gasteiger partial charge on any atom is 0.317 e. The lowest BCUT2D eigenvalue weighted by Crippen LogP contribution is -2.47. The highest BCUT2D eigenvalue weighted by atomic mass is 19.2. The van der Waals surface area contributed by atoms with Crippen LogP contribution in [0.2, 0.25) is 0 Å². The van der Waals surface area contributed by atoms with Gasteiger partial charge in [0.25, 0.3) is 5.91 Å². The van der Waals surface area contributed by atoms with Gasteiger partial charge in [-0.1, -0.05) is 0 Å². The number of carbonyl (C=O) groups is 2. The molecule has 2 atom stereocenters. The first kappa shape index (κ1) is 16.8. The molecule has 2 bridgehead atoms. The molecule has 0 saturated carbocycles. The third kappa shape index (κ3) is 3.54. The van der Waals surface area contributed by atoms with E-state index in [1.165, 1.54) is 6.07 Å². The first-order chi connectivity index (χ1) is 11.4. The minimum absolute atomic E-state index is 0.0221. The standard InChI is InChI=1S/C16H18F2N2O4/c17-13-2-1-11(3-14(13)18)16(23)20-5-10-4-19(7-15(21)22)6-12(20)9-24-8-10/h1-3,10,12H,4-9H2,(H,21,22)/t10-,12-/m0/s1. The molecule has 3 rings (SSSR count). The predicted molar refractivity (Wildman–Crippen MR) is 79.6 cm³/mol. The van der Waals surface area contributed by atoms with E-state index in [2.05, 4.69) is 0 Å². The molecule has 24 heavy (non-hydrogen) atoms. The Hall–Kier alpha value is -2.06. The third-order valence-electron chi connectivity index (χ3n) is 4.33. The Morgan fingerprint density at radius 1 is 1.17 bits per heavy atom. The SMILES string of the molecule is O=C(O)CN1C[C@@H]2COC[C@H](C1)N(C(=O)c1ccc(F)c(F)c1)C2. The summed E-state index contributed by atoms with van der Waals surface area (Å²) in [5, 5.41) is 9.00. The summed E-state index contributed by atoms with van der Waals surface area (Å²) < 4.78 is 32.1. The highest BCUT2D eigenvalue weighted by molar-refractivity contribution is 5.94. The van der Waals surface area contributed by atoms with E-state index in [1.54, 1.807) is 9.80 Å². The molecule has 130 valence electrons. The van der Waals surface area contributed by atoms with Crippen LogP contribution in [0.25, 0.3) is 0 Å². The molecule has 2 saturated heterocycles. The van der Waals surface area contributed by atoms with Crippen LogP contribution in [-0.4, -0.2) is 72.2 Å². The Kier molecular flexibility index (Phi) is 4.77. The first-order valence-corrected chi connectivity index (χ1v) is 7.72. The first-order valence-electron chi connectivity index (χ1n) is 7.72. The van der Waals surface area contributed by atoms with Gasteiger partial charge in [0.1, 0.15) is 0 Å². The largest absolute Gasteiger partial charge is 0.480 e. The molecule has 1 aromatic carbocycles. The molecule has 0 aliphatic carbocycles. The van der Waals surface area contributed by atoms with Crippen LogP contribution in [0.1, 0.15) is 10.4 Å². The summed E-state index contributed by atoms with van der Waals surface area (Å²) in [6.45, 7) is 1.93. The lowest BCUT2D eigenvalue weighted by Gasteiger charge is -2.30. The van der Waals surface area contributed by atoms with E-state index in [0.717, 1.165) is 12.1 Å². The van der Waals surface area contributed by atoms with E-state index in [-0.39, 0.29) is 24.1 Å². The third-order valence-corrected chi connectivity index (χ3v) is 4.33. The molecule has 2 aliphatic heterocycles. The van der Waals surface area contributed by atoms with E-state index in [9.17, 15) is 18.4 Å². The molecule has 6 nitrogen and oxygen atoms in total. The van der Waals surface area contributed by atoms with Crippen LogP contribution in [0, 0.1) is 17.6 Å². The fourth-order valence-electron chi connectivity index (χ4n) is 3.30. The summed E-state index contributed by atoms with van der Waals surface area (Å²) in [4.78, 5) is 27.1. The van der Waals surface area contributed by atoms with Crippen LogP contribution in [0.15, 0.2) is 18.2 Å². The number of hydrogen-bond acceptors (Lipinski definition) is 4. The Bertz CT molecular complexity index is 655. The summed E-state index contributed by atoms with van der Waals surface area (Å²) >= 11 is 0. The van der Waals surface area contributed by atoms with Crippen LogP contribution in [0.4, 0.5) is 8.78 Å². The number of carboxylic acid groups (broad SMARTS) is 1. The zero-order valence-electron chi connectivity index (χ0n) is 13.0. The summed E-state index contributed by atoms with van der Waals surface area (Å²) in [6, 6.07) is 2.76. The van der Waals surface area contributed by atoms with Gasteiger partial charge in [-0.05, 0) is 18.2 Å². The van der Waals surface area contributed by atoms with Crippen molar-refractivity contribution in [3.05, 3.63) is 35.4 Å². The number of aliphatic carboxylic acids is 1. The Morgan fingerprint density at radius 3 is 2.67 bits per heavy atom. The van der Waals surface area contributed by atoms with Gasteiger partial charge in [0, 0.05) is 31.1 Å². The number of benzene rings is 1. The minimum Gasteiger partial charge on any atom is -0.480 e. The normalized spacial score (nSPS) is 24.5. The maximum absolute atomic E-state index is 13.4. The Labute approximate surface area is 137 Å². The summed E-state index contributed by atoms with van der Waals surface area (Å²) in [5.74, 6) is -3.41. The van der Waals surface area contributed by atoms with Crippen molar-refractivity contribution in [2.75, 3.05) is 39.4 Å². The Morgan fingerprint density at radius 2 is 1.96 bits per heavy atom. The van der Waals surface area contributed by atoms with Gasteiger partial charge in [-0.25, -0.2) is 8.78 Å². The quantitative estimate of drug-likeness (QED) is 0.882. The van der Waals surface area contributed by atoms with Gasteiger partial charge in [-0.15, -0.1) is 0 Å². The molecule has 1 amide bonds. The minimum atomic E-state index is -1.07. The molecule has 2 heterocycles. The van der Waals surface area contributed by atoms with Crippen molar-refractivity contribution in [3.63, 3.8) is 0 Å². The monoisotopic (exact) mass is 340 g/mol. The smallest absolute Gasteiger partial charge is 0.317 e. The molecule has 0 unspecified atom stereocenters. The molecule has 2 aliphatic rings. The van der Waals surface area contributed by atoms with E-state index in [4.69, 9.17) is 9.84 Å². The van der Waals surface area contributed by atoms with Crippen LogP contribution in [0.5, 0.6) is 0 Å². The molecule has 0 spiro atoms. The second-order valence-corrected chi connectivity index (χ2v) is 6.23. The number of carbonyl (C=O) groups excluding carboxylic acids is 1. The number of amides is 1. The van der Waals surface area contributed by atoms with Crippen molar-refractivity contribution in [2.24, 2.45) is 5.92 Å². The van der Waals surface area contributed by atoms with Crippen molar-refractivity contribution in [1.82, 2.24) is 9.80 Å². The van der Waals surface area contributed by atoms with E-state index in [0.29, 0.717) is 32.8 Å². The number of hydrogen-bond donors (Lipinski definition) is 1. The fourth-order valence-corrected chi connectivity index (χ4v) is 3.30. The van der Waals surface area contributed by atoms with Gasteiger partial charge >= 0.3 is 5.97 Å². The van der Waals surface area contributed by atoms with E-state index in [1.807, 2.05) is 0 Å². The maximum atomic E-state index is 13.4. The van der Waals surface area contributed by atoms with Gasteiger partial charge in [-0.3, -0.25) is 14.5 Å². The van der Waals surface area contributed by atoms with Crippen LogP contribution < -0.4 is 0 Å². The highest BCUT2D eigenvalue weighted by Crippen LogP contribution is 2.22. The Balaban J connectivity index is 1.83. The van der Waals surface area contributed by atoms with Crippen LogP contribution in [0.3, 0.4) is 0 Å². The van der Waals surface area contributed by atoms with Gasteiger partial charge in [-0.2, -0.15) is 0 Å². The molecular formula is C16H18F2N2O4. The number of halogens is 2. The molecule has 8 heteroatoms. The fraction of sp³-hybridized carbons (Fsp3) is 0.500. The average molecular weight is 340 g/mol. The van der Waals surface area contributed by atoms with Gasteiger partial charge in [0.15, 0.2) is 11.6 Å². The number of fused-ring (bicyclic) bond motifs is 3. The molecule has 0 radical (unpaired) electrons. The summed E-state index contributed by atoms with van der Waals surface area (Å²) in [6.07, 6.45) is 0. The number of carboxylic acids is 1. The molecule has 1 aromatic rings. The second kappa shape index (κ2) is 6.82. The molecule has 2 fully saturated rings. The van der Waals surface area contributed by atoms with Crippen molar-refractivity contribution in [2.45, 2.75) is 6.04 Å². The molecule has 0 aromatic heterocycles.